The lowest BCUT2D eigenvalue weighted by molar-refractivity contribution is 0.204. The first-order chi connectivity index (χ1) is 11.4. The monoisotopic (exact) mass is 326 g/mol. The lowest BCUT2D eigenvalue weighted by atomic mass is 9.94. The first kappa shape index (κ1) is 14.5. The maximum Gasteiger partial charge on any atom is 0.157 e. The van der Waals surface area contributed by atoms with E-state index in [0.717, 1.165) is 49.7 Å². The highest BCUT2D eigenvalue weighted by Gasteiger charge is 2.22. The van der Waals surface area contributed by atoms with Crippen LogP contribution in [0.2, 0.25) is 0 Å². The summed E-state index contributed by atoms with van der Waals surface area (Å²) in [5.74, 6) is 1.27. The summed E-state index contributed by atoms with van der Waals surface area (Å²) < 4.78 is 0. The van der Waals surface area contributed by atoms with Crippen molar-refractivity contribution in [2.45, 2.75) is 25.3 Å². The SMILES string of the molecule is c1c[nH]c(-c2cnc(C3CCN(Cc4cncs4)CC3)cn2)n1. The van der Waals surface area contributed by atoms with Crippen LogP contribution in [-0.2, 0) is 6.54 Å². The number of imidazole rings is 1. The van der Waals surface area contributed by atoms with Gasteiger partial charge in [-0.3, -0.25) is 14.9 Å². The van der Waals surface area contributed by atoms with Crippen LogP contribution in [0, 0.1) is 0 Å². The second kappa shape index (κ2) is 6.55. The van der Waals surface area contributed by atoms with Crippen LogP contribution in [0.3, 0.4) is 0 Å². The molecular weight excluding hydrogens is 308 g/mol. The van der Waals surface area contributed by atoms with Gasteiger partial charge in [0.05, 0.1) is 17.4 Å². The van der Waals surface area contributed by atoms with E-state index in [0.29, 0.717) is 5.92 Å². The molecule has 0 unspecified atom stereocenters. The third kappa shape index (κ3) is 3.30. The molecule has 0 spiro atoms. The molecule has 6 nitrogen and oxygen atoms in total. The molecule has 3 aromatic heterocycles. The highest BCUT2D eigenvalue weighted by atomic mass is 32.1. The number of thiazole rings is 1. The zero-order valence-electron chi connectivity index (χ0n) is 12.7. The summed E-state index contributed by atoms with van der Waals surface area (Å²) in [5.41, 5.74) is 3.79. The number of hydrogen-bond donors (Lipinski definition) is 1. The van der Waals surface area contributed by atoms with Crippen molar-refractivity contribution in [3.8, 4) is 11.5 Å². The minimum Gasteiger partial charge on any atom is -0.343 e. The molecule has 0 radical (unpaired) electrons. The third-order valence-corrected chi connectivity index (χ3v) is 5.05. The second-order valence-electron chi connectivity index (χ2n) is 5.78. The fraction of sp³-hybridized carbons (Fsp3) is 0.375. The molecule has 1 aliphatic heterocycles. The van der Waals surface area contributed by atoms with E-state index in [-0.39, 0.29) is 0 Å². The maximum absolute atomic E-state index is 4.61. The number of aromatic amines is 1. The zero-order valence-corrected chi connectivity index (χ0v) is 13.5. The number of likely N-dealkylation sites (tertiary alicyclic amines) is 1. The van der Waals surface area contributed by atoms with Crippen molar-refractivity contribution >= 4 is 11.3 Å². The van der Waals surface area contributed by atoms with Gasteiger partial charge in [-0.15, -0.1) is 11.3 Å². The molecule has 1 N–H and O–H groups in total. The van der Waals surface area contributed by atoms with Crippen molar-refractivity contribution in [3.63, 3.8) is 0 Å². The molecule has 0 aromatic carbocycles. The number of aromatic nitrogens is 5. The van der Waals surface area contributed by atoms with Gasteiger partial charge >= 0.3 is 0 Å². The zero-order chi connectivity index (χ0) is 15.5. The molecule has 0 amide bonds. The molecular formula is C16H18N6S. The summed E-state index contributed by atoms with van der Waals surface area (Å²) in [6.07, 6.45) is 11.5. The molecule has 1 saturated heterocycles. The van der Waals surface area contributed by atoms with E-state index in [1.807, 2.05) is 24.1 Å². The average Bonchev–Trinajstić information content (AvgIpc) is 3.30. The van der Waals surface area contributed by atoms with E-state index in [1.54, 1.807) is 23.7 Å². The van der Waals surface area contributed by atoms with Crippen molar-refractivity contribution < 1.29 is 0 Å². The fourth-order valence-electron chi connectivity index (χ4n) is 3.00. The molecule has 0 bridgehead atoms. The van der Waals surface area contributed by atoms with Crippen molar-refractivity contribution in [3.05, 3.63) is 47.1 Å². The van der Waals surface area contributed by atoms with Gasteiger partial charge in [-0.1, -0.05) is 0 Å². The van der Waals surface area contributed by atoms with Crippen LogP contribution in [0.5, 0.6) is 0 Å². The van der Waals surface area contributed by atoms with E-state index in [2.05, 4.69) is 29.8 Å². The number of H-pyrrole nitrogens is 1. The molecule has 1 fully saturated rings. The van der Waals surface area contributed by atoms with E-state index in [4.69, 9.17) is 0 Å². The van der Waals surface area contributed by atoms with Gasteiger partial charge in [0.2, 0.25) is 0 Å². The number of nitrogens with zero attached hydrogens (tertiary/aromatic N) is 5. The van der Waals surface area contributed by atoms with Crippen LogP contribution in [-0.4, -0.2) is 42.9 Å². The van der Waals surface area contributed by atoms with Gasteiger partial charge in [0.15, 0.2) is 5.82 Å². The number of nitrogens with one attached hydrogen (secondary N) is 1. The minimum absolute atomic E-state index is 0.505. The van der Waals surface area contributed by atoms with E-state index >= 15 is 0 Å². The van der Waals surface area contributed by atoms with Gasteiger partial charge in [0.25, 0.3) is 0 Å². The fourth-order valence-corrected chi connectivity index (χ4v) is 3.64. The Labute approximate surface area is 138 Å². The van der Waals surface area contributed by atoms with Gasteiger partial charge in [-0.25, -0.2) is 9.97 Å². The summed E-state index contributed by atoms with van der Waals surface area (Å²) in [6.45, 7) is 3.22. The quantitative estimate of drug-likeness (QED) is 0.798. The Kier molecular flexibility index (Phi) is 4.12. The largest absolute Gasteiger partial charge is 0.343 e. The molecule has 0 aliphatic carbocycles. The van der Waals surface area contributed by atoms with Crippen LogP contribution in [0.25, 0.3) is 11.5 Å². The van der Waals surface area contributed by atoms with Crippen LogP contribution >= 0.6 is 11.3 Å². The summed E-state index contributed by atoms with van der Waals surface area (Å²) in [5, 5.41) is 0. The lowest BCUT2D eigenvalue weighted by Gasteiger charge is -2.31. The number of hydrogen-bond acceptors (Lipinski definition) is 6. The van der Waals surface area contributed by atoms with Crippen molar-refractivity contribution in [1.29, 1.82) is 0 Å². The van der Waals surface area contributed by atoms with Crippen molar-refractivity contribution in [1.82, 2.24) is 29.8 Å². The second-order valence-corrected chi connectivity index (χ2v) is 6.75. The van der Waals surface area contributed by atoms with Gasteiger partial charge in [-0.2, -0.15) is 0 Å². The number of piperidine rings is 1. The molecule has 0 saturated carbocycles. The lowest BCUT2D eigenvalue weighted by Crippen LogP contribution is -2.32. The Morgan fingerprint density at radius 1 is 1.13 bits per heavy atom. The first-order valence-corrected chi connectivity index (χ1v) is 8.68. The molecule has 23 heavy (non-hydrogen) atoms. The third-order valence-electron chi connectivity index (χ3n) is 4.28. The highest BCUT2D eigenvalue weighted by Crippen LogP contribution is 2.27. The van der Waals surface area contributed by atoms with Crippen LogP contribution in [0.1, 0.15) is 29.3 Å². The summed E-state index contributed by atoms with van der Waals surface area (Å²) >= 11 is 1.73. The Morgan fingerprint density at radius 2 is 2.04 bits per heavy atom. The van der Waals surface area contributed by atoms with Crippen molar-refractivity contribution in [2.24, 2.45) is 0 Å². The van der Waals surface area contributed by atoms with Gasteiger partial charge in [0, 0.05) is 42.1 Å². The maximum atomic E-state index is 4.61. The van der Waals surface area contributed by atoms with Gasteiger partial charge in [-0.05, 0) is 25.9 Å². The standard InChI is InChI=1S/C16H18N6S/c1-5-22(10-13-7-17-11-23-13)6-2-12(1)14-8-21-15(9-20-14)16-18-3-4-19-16/h3-4,7-9,11-12H,1-2,5-6,10H2,(H,18,19). The highest BCUT2D eigenvalue weighted by molar-refractivity contribution is 7.09. The van der Waals surface area contributed by atoms with Crippen LogP contribution in [0.4, 0.5) is 0 Å². The Balaban J connectivity index is 1.36. The van der Waals surface area contributed by atoms with Crippen LogP contribution < -0.4 is 0 Å². The minimum atomic E-state index is 0.505. The van der Waals surface area contributed by atoms with E-state index < -0.39 is 0 Å². The Morgan fingerprint density at radius 3 is 2.70 bits per heavy atom. The predicted octanol–water partition coefficient (Wildman–Crippen LogP) is 2.70. The summed E-state index contributed by atoms with van der Waals surface area (Å²) in [7, 11) is 0. The molecule has 4 rings (SSSR count). The molecule has 0 atom stereocenters. The summed E-state index contributed by atoms with van der Waals surface area (Å²) in [6, 6.07) is 0. The normalized spacial score (nSPS) is 16.7. The molecule has 7 heteroatoms. The van der Waals surface area contributed by atoms with Crippen LogP contribution in [0.15, 0.2) is 36.5 Å². The van der Waals surface area contributed by atoms with Gasteiger partial charge in [0.1, 0.15) is 5.69 Å². The van der Waals surface area contributed by atoms with Crippen molar-refractivity contribution in [2.75, 3.05) is 13.1 Å². The molecule has 118 valence electrons. The number of rotatable bonds is 4. The predicted molar refractivity (Wildman–Crippen MR) is 89.0 cm³/mol. The van der Waals surface area contributed by atoms with E-state index in [1.165, 1.54) is 4.88 Å². The molecule has 3 aromatic rings. The summed E-state index contributed by atoms with van der Waals surface area (Å²) in [4.78, 5) is 24.3. The smallest absolute Gasteiger partial charge is 0.157 e. The van der Waals surface area contributed by atoms with E-state index in [9.17, 15) is 0 Å². The Bertz CT molecular complexity index is 715. The first-order valence-electron chi connectivity index (χ1n) is 7.80. The van der Waals surface area contributed by atoms with Gasteiger partial charge < -0.3 is 4.98 Å². The topological polar surface area (TPSA) is 70.6 Å². The average molecular weight is 326 g/mol. The molecule has 4 heterocycles. The Hall–Kier alpha value is -2.12. The molecule has 1 aliphatic rings.